The number of hydrogen-bond acceptors (Lipinski definition) is 10. The molecule has 2 bridgehead atoms. The van der Waals surface area contributed by atoms with Crippen molar-refractivity contribution in [1.29, 1.82) is 0 Å². The van der Waals surface area contributed by atoms with E-state index in [9.17, 15) is 18.9 Å². The SMILES string of the molecule is CN1CC2CC1CN2C(=O)C1CCN(c2c(F)cncc2NC(=O)C(C(N)N=O)C2NCC(F)CN2C)CC1. The molecule has 6 unspecified atom stereocenters. The summed E-state index contributed by atoms with van der Waals surface area (Å²) < 4.78 is 28.9. The zero-order chi connectivity index (χ0) is 27.8. The number of nitrogens with zero attached hydrogens (tertiary/aromatic N) is 6. The van der Waals surface area contributed by atoms with Gasteiger partial charge in [0.05, 0.1) is 24.2 Å². The van der Waals surface area contributed by atoms with Crippen molar-refractivity contribution in [3.63, 3.8) is 0 Å². The zero-order valence-electron chi connectivity index (χ0n) is 22.3. The predicted octanol–water partition coefficient (Wildman–Crippen LogP) is 0.157. The molecule has 4 N–H and O–H groups in total. The fourth-order valence-electron chi connectivity index (χ4n) is 6.62. The summed E-state index contributed by atoms with van der Waals surface area (Å²) in [7, 11) is 3.71. The first kappa shape index (κ1) is 27.7. The molecule has 0 spiro atoms. The molecule has 2 amide bonds. The van der Waals surface area contributed by atoms with Crippen LogP contribution in [0.1, 0.15) is 19.3 Å². The quantitative estimate of drug-likeness (QED) is 0.406. The Bertz CT molecular complexity index is 1090. The molecule has 0 radical (unpaired) electrons. The van der Waals surface area contributed by atoms with Crippen molar-refractivity contribution in [2.45, 2.75) is 49.8 Å². The number of piperazine rings is 1. The van der Waals surface area contributed by atoms with E-state index in [2.05, 4.69) is 32.7 Å². The van der Waals surface area contributed by atoms with Crippen LogP contribution in [-0.2, 0) is 9.59 Å². The second-order valence-electron chi connectivity index (χ2n) is 11.3. The first-order valence-electron chi connectivity index (χ1n) is 13.5. The third kappa shape index (κ3) is 5.47. The average molecular weight is 550 g/mol. The maximum absolute atomic E-state index is 15.1. The highest BCUT2D eigenvalue weighted by atomic mass is 19.1. The number of fused-ring (bicyclic) bond motifs is 2. The van der Waals surface area contributed by atoms with Gasteiger partial charge in [0.15, 0.2) is 12.0 Å². The first-order valence-corrected chi connectivity index (χ1v) is 13.5. The van der Waals surface area contributed by atoms with Crippen LogP contribution in [0.2, 0.25) is 0 Å². The molecule has 0 aromatic carbocycles. The van der Waals surface area contributed by atoms with Gasteiger partial charge in [-0.25, -0.2) is 8.78 Å². The van der Waals surface area contributed by atoms with Gasteiger partial charge in [-0.15, -0.1) is 4.91 Å². The Hall–Kier alpha value is -2.81. The third-order valence-corrected chi connectivity index (χ3v) is 8.73. The number of anilines is 2. The highest BCUT2D eigenvalue weighted by Crippen LogP contribution is 2.35. The van der Waals surface area contributed by atoms with Crippen molar-refractivity contribution >= 4 is 23.2 Å². The standard InChI is InChI=1S/C25H37F2N9O3/c1-33-12-17-7-16(33)13-36(17)25(38)14-3-5-35(6-4-14)21-18(27)9-29-10-19(21)31-24(37)20(22(28)32-39)23-30-8-15(26)11-34(23)2/h9-10,14-17,20,22-23,30H,3-8,11-13,28H2,1-2H3,(H,31,37). The number of carbonyl (C=O) groups excluding carboxylic acids is 2. The molecule has 1 aromatic rings. The van der Waals surface area contributed by atoms with E-state index in [-0.39, 0.29) is 42.3 Å². The summed E-state index contributed by atoms with van der Waals surface area (Å²) in [5.41, 5.74) is 6.20. The molecule has 0 saturated carbocycles. The number of amides is 2. The Kier molecular flexibility index (Phi) is 8.08. The smallest absolute Gasteiger partial charge is 0.234 e. The fourth-order valence-corrected chi connectivity index (χ4v) is 6.62. The fraction of sp³-hybridized carbons (Fsp3) is 0.720. The van der Waals surface area contributed by atoms with Gasteiger partial charge in [-0.05, 0) is 33.4 Å². The van der Waals surface area contributed by atoms with E-state index in [0.29, 0.717) is 32.0 Å². The van der Waals surface area contributed by atoms with Gasteiger partial charge in [0, 0.05) is 57.3 Å². The van der Waals surface area contributed by atoms with Gasteiger partial charge >= 0.3 is 0 Å². The summed E-state index contributed by atoms with van der Waals surface area (Å²) in [6.07, 6.45) is 1.31. The number of carbonyl (C=O) groups is 2. The molecule has 6 atom stereocenters. The number of likely N-dealkylation sites (N-methyl/N-ethyl adjacent to an activating group) is 1. The Morgan fingerprint density at radius 1 is 1.15 bits per heavy atom. The number of aromatic nitrogens is 1. The zero-order valence-corrected chi connectivity index (χ0v) is 22.3. The summed E-state index contributed by atoms with van der Waals surface area (Å²) in [5.74, 6) is -2.37. The van der Waals surface area contributed by atoms with Crippen molar-refractivity contribution in [2.24, 2.45) is 22.7 Å². The number of likely N-dealkylation sites (tertiary alicyclic amines) is 2. The number of pyridine rings is 1. The lowest BCUT2D eigenvalue weighted by molar-refractivity contribution is -0.138. The minimum Gasteiger partial charge on any atom is -0.367 e. The van der Waals surface area contributed by atoms with Crippen molar-refractivity contribution in [3.8, 4) is 0 Å². The van der Waals surface area contributed by atoms with E-state index in [1.54, 1.807) is 11.9 Å². The topological polar surface area (TPSA) is 140 Å². The van der Waals surface area contributed by atoms with Gasteiger partial charge in [0.2, 0.25) is 11.8 Å². The van der Waals surface area contributed by atoms with Gasteiger partial charge < -0.3 is 20.9 Å². The number of rotatable bonds is 7. The summed E-state index contributed by atoms with van der Waals surface area (Å²) in [6.45, 7) is 2.61. The molecule has 4 saturated heterocycles. The van der Waals surface area contributed by atoms with Crippen LogP contribution in [0.15, 0.2) is 17.6 Å². The van der Waals surface area contributed by atoms with Crippen LogP contribution in [0.25, 0.3) is 0 Å². The highest BCUT2D eigenvalue weighted by Gasteiger charge is 2.45. The monoisotopic (exact) mass is 549 g/mol. The molecule has 4 aliphatic heterocycles. The number of nitrogens with one attached hydrogen (secondary N) is 2. The van der Waals surface area contributed by atoms with Gasteiger partial charge in [-0.2, -0.15) is 0 Å². The van der Waals surface area contributed by atoms with Crippen LogP contribution < -0.4 is 21.3 Å². The molecule has 5 rings (SSSR count). The van der Waals surface area contributed by atoms with Crippen molar-refractivity contribution in [2.75, 3.05) is 63.6 Å². The maximum Gasteiger partial charge on any atom is 0.234 e. The van der Waals surface area contributed by atoms with Crippen LogP contribution in [0.5, 0.6) is 0 Å². The molecule has 4 aliphatic rings. The van der Waals surface area contributed by atoms with E-state index in [0.717, 1.165) is 25.7 Å². The first-order chi connectivity index (χ1) is 18.7. The van der Waals surface area contributed by atoms with E-state index >= 15 is 4.39 Å². The number of nitrogens with two attached hydrogens (primary N) is 1. The van der Waals surface area contributed by atoms with E-state index in [1.807, 2.05) is 9.80 Å². The van der Waals surface area contributed by atoms with E-state index < -0.39 is 36.1 Å². The van der Waals surface area contributed by atoms with Gasteiger partial charge in [0.25, 0.3) is 0 Å². The normalized spacial score (nSPS) is 29.9. The highest BCUT2D eigenvalue weighted by molar-refractivity contribution is 5.96. The maximum atomic E-state index is 15.1. The van der Waals surface area contributed by atoms with Crippen LogP contribution >= 0.6 is 0 Å². The van der Waals surface area contributed by atoms with Crippen LogP contribution in [0, 0.1) is 22.6 Å². The van der Waals surface area contributed by atoms with Crippen LogP contribution in [-0.4, -0.2) is 115 Å². The Labute approximate surface area is 226 Å². The van der Waals surface area contributed by atoms with E-state index in [1.165, 1.54) is 6.20 Å². The minimum absolute atomic E-state index is 0.000329. The summed E-state index contributed by atoms with van der Waals surface area (Å²) >= 11 is 0. The largest absolute Gasteiger partial charge is 0.367 e. The Balaban J connectivity index is 1.27. The number of piperidine rings is 1. The molecule has 1 aromatic heterocycles. The summed E-state index contributed by atoms with van der Waals surface area (Å²) in [4.78, 5) is 49.6. The molecule has 4 fully saturated rings. The minimum atomic E-state index is -1.41. The van der Waals surface area contributed by atoms with Gasteiger partial charge in [0.1, 0.15) is 17.8 Å². The molecule has 0 aliphatic carbocycles. The van der Waals surface area contributed by atoms with Gasteiger partial charge in [-0.1, -0.05) is 5.18 Å². The molecular formula is C25H37F2N9O3. The molecule has 39 heavy (non-hydrogen) atoms. The lowest BCUT2D eigenvalue weighted by Gasteiger charge is -2.40. The van der Waals surface area contributed by atoms with Crippen molar-refractivity contribution in [1.82, 2.24) is 25.0 Å². The average Bonchev–Trinajstić information content (AvgIpc) is 3.49. The van der Waals surface area contributed by atoms with Crippen molar-refractivity contribution < 1.29 is 18.4 Å². The Morgan fingerprint density at radius 3 is 2.51 bits per heavy atom. The predicted molar refractivity (Wildman–Crippen MR) is 141 cm³/mol. The lowest BCUT2D eigenvalue weighted by atomic mass is 9.94. The molecule has 214 valence electrons. The van der Waals surface area contributed by atoms with Crippen LogP contribution in [0.3, 0.4) is 0 Å². The third-order valence-electron chi connectivity index (χ3n) is 8.73. The second-order valence-corrected chi connectivity index (χ2v) is 11.3. The number of alkyl halides is 1. The number of halogens is 2. The van der Waals surface area contributed by atoms with Crippen molar-refractivity contribution in [3.05, 3.63) is 23.1 Å². The number of nitroso groups, excluding NO2 is 1. The van der Waals surface area contributed by atoms with Gasteiger partial charge in [-0.3, -0.25) is 29.7 Å². The van der Waals surface area contributed by atoms with E-state index in [4.69, 9.17) is 5.73 Å². The Morgan fingerprint density at radius 2 is 1.90 bits per heavy atom. The lowest BCUT2D eigenvalue weighted by Crippen LogP contribution is -2.62. The van der Waals surface area contributed by atoms with Crippen LogP contribution in [0.4, 0.5) is 20.2 Å². The molecule has 12 nitrogen and oxygen atoms in total. The molecule has 14 heteroatoms. The second kappa shape index (κ2) is 11.4. The molecular weight excluding hydrogens is 512 g/mol. The summed E-state index contributed by atoms with van der Waals surface area (Å²) in [6, 6.07) is 0.711. The summed E-state index contributed by atoms with van der Waals surface area (Å²) in [5, 5.41) is 8.46. The number of hydrogen-bond donors (Lipinski definition) is 3. The molecule has 5 heterocycles.